The standard InChI is InChI=1S/C14H17FN2O/c1-8-7-11(10(3)18-8)9(2)17-13-6-4-5-12(15)14(13)16/h4-7,9,17H,16H2,1-3H3. The van der Waals surface area contributed by atoms with Gasteiger partial charge in [0, 0.05) is 5.56 Å². The molecule has 1 unspecified atom stereocenters. The van der Waals surface area contributed by atoms with Gasteiger partial charge in [0.15, 0.2) is 0 Å². The zero-order valence-corrected chi connectivity index (χ0v) is 10.8. The van der Waals surface area contributed by atoms with E-state index in [0.717, 1.165) is 17.1 Å². The van der Waals surface area contributed by atoms with Crippen molar-refractivity contribution in [3.8, 4) is 0 Å². The fourth-order valence-corrected chi connectivity index (χ4v) is 2.05. The maximum absolute atomic E-state index is 13.3. The Kier molecular flexibility index (Phi) is 3.28. The van der Waals surface area contributed by atoms with Gasteiger partial charge < -0.3 is 15.5 Å². The number of nitrogens with two attached hydrogens (primary N) is 1. The maximum Gasteiger partial charge on any atom is 0.148 e. The molecule has 0 fully saturated rings. The summed E-state index contributed by atoms with van der Waals surface area (Å²) in [6, 6.07) is 6.72. The third-order valence-electron chi connectivity index (χ3n) is 2.97. The van der Waals surface area contributed by atoms with Crippen molar-refractivity contribution >= 4 is 11.4 Å². The number of halogens is 1. The number of furan rings is 1. The van der Waals surface area contributed by atoms with Gasteiger partial charge in [-0.15, -0.1) is 0 Å². The molecule has 0 saturated carbocycles. The van der Waals surface area contributed by atoms with E-state index in [9.17, 15) is 4.39 Å². The lowest BCUT2D eigenvalue weighted by atomic mass is 10.1. The summed E-state index contributed by atoms with van der Waals surface area (Å²) in [7, 11) is 0. The number of anilines is 2. The molecule has 0 aliphatic carbocycles. The molecule has 18 heavy (non-hydrogen) atoms. The first kappa shape index (κ1) is 12.5. The molecule has 3 nitrogen and oxygen atoms in total. The number of hydrogen-bond donors (Lipinski definition) is 2. The van der Waals surface area contributed by atoms with Crippen molar-refractivity contribution in [1.29, 1.82) is 0 Å². The van der Waals surface area contributed by atoms with Crippen LogP contribution in [0.2, 0.25) is 0 Å². The van der Waals surface area contributed by atoms with Gasteiger partial charge in [-0.3, -0.25) is 0 Å². The van der Waals surface area contributed by atoms with Crippen molar-refractivity contribution in [2.45, 2.75) is 26.8 Å². The van der Waals surface area contributed by atoms with Crippen molar-refractivity contribution in [2.24, 2.45) is 0 Å². The van der Waals surface area contributed by atoms with Crippen LogP contribution in [0, 0.1) is 19.7 Å². The van der Waals surface area contributed by atoms with Gasteiger partial charge >= 0.3 is 0 Å². The molecule has 96 valence electrons. The molecule has 0 radical (unpaired) electrons. The van der Waals surface area contributed by atoms with E-state index in [2.05, 4.69) is 5.32 Å². The largest absolute Gasteiger partial charge is 0.466 e. The number of nitrogen functional groups attached to an aromatic ring is 1. The Bertz CT molecular complexity index is 563. The van der Waals surface area contributed by atoms with Crippen LogP contribution in [0.5, 0.6) is 0 Å². The molecule has 0 bridgehead atoms. The smallest absolute Gasteiger partial charge is 0.148 e. The van der Waals surface area contributed by atoms with Crippen LogP contribution in [0.25, 0.3) is 0 Å². The second kappa shape index (κ2) is 4.72. The van der Waals surface area contributed by atoms with Gasteiger partial charge in [-0.1, -0.05) is 6.07 Å². The zero-order chi connectivity index (χ0) is 13.3. The van der Waals surface area contributed by atoms with Gasteiger partial charge in [0.2, 0.25) is 0 Å². The Hall–Kier alpha value is -1.97. The zero-order valence-electron chi connectivity index (χ0n) is 10.8. The van der Waals surface area contributed by atoms with E-state index in [-0.39, 0.29) is 11.7 Å². The quantitative estimate of drug-likeness (QED) is 0.812. The minimum Gasteiger partial charge on any atom is -0.466 e. The highest BCUT2D eigenvalue weighted by Crippen LogP contribution is 2.28. The third-order valence-corrected chi connectivity index (χ3v) is 2.97. The van der Waals surface area contributed by atoms with E-state index in [1.807, 2.05) is 26.8 Å². The molecule has 1 heterocycles. The highest BCUT2D eigenvalue weighted by atomic mass is 19.1. The first-order valence-electron chi connectivity index (χ1n) is 5.86. The van der Waals surface area contributed by atoms with Crippen molar-refractivity contribution < 1.29 is 8.81 Å². The van der Waals surface area contributed by atoms with Crippen molar-refractivity contribution in [1.82, 2.24) is 0 Å². The molecule has 2 aromatic rings. The van der Waals surface area contributed by atoms with Gasteiger partial charge in [0.1, 0.15) is 17.3 Å². The van der Waals surface area contributed by atoms with E-state index < -0.39 is 5.82 Å². The van der Waals surface area contributed by atoms with Crippen LogP contribution in [0.1, 0.15) is 30.0 Å². The minimum atomic E-state index is -0.410. The van der Waals surface area contributed by atoms with Crippen LogP contribution in [0.4, 0.5) is 15.8 Å². The summed E-state index contributed by atoms with van der Waals surface area (Å²) < 4.78 is 18.8. The lowest BCUT2D eigenvalue weighted by molar-refractivity contribution is 0.500. The predicted molar refractivity (Wildman–Crippen MR) is 71.0 cm³/mol. The van der Waals surface area contributed by atoms with E-state index in [4.69, 9.17) is 10.2 Å². The van der Waals surface area contributed by atoms with Gasteiger partial charge in [0.05, 0.1) is 17.4 Å². The predicted octanol–water partition coefficient (Wildman–Crippen LogP) is 3.79. The number of nitrogens with one attached hydrogen (secondary N) is 1. The van der Waals surface area contributed by atoms with Crippen molar-refractivity contribution in [2.75, 3.05) is 11.1 Å². The van der Waals surface area contributed by atoms with Crippen LogP contribution >= 0.6 is 0 Å². The number of hydrogen-bond acceptors (Lipinski definition) is 3. The van der Waals surface area contributed by atoms with Crippen LogP contribution in [0.15, 0.2) is 28.7 Å². The fourth-order valence-electron chi connectivity index (χ4n) is 2.05. The number of aryl methyl sites for hydroxylation is 2. The molecular weight excluding hydrogens is 231 g/mol. The first-order valence-corrected chi connectivity index (χ1v) is 5.86. The summed E-state index contributed by atoms with van der Waals surface area (Å²) >= 11 is 0. The average Bonchev–Trinajstić information content (AvgIpc) is 2.64. The van der Waals surface area contributed by atoms with Crippen LogP contribution in [-0.2, 0) is 0 Å². The Morgan fingerprint density at radius 3 is 2.67 bits per heavy atom. The van der Waals surface area contributed by atoms with E-state index in [0.29, 0.717) is 5.69 Å². The first-order chi connectivity index (χ1) is 8.49. The normalized spacial score (nSPS) is 12.4. The monoisotopic (exact) mass is 248 g/mol. The lowest BCUT2D eigenvalue weighted by Crippen LogP contribution is -2.09. The van der Waals surface area contributed by atoms with Gasteiger partial charge in [-0.25, -0.2) is 4.39 Å². The molecule has 0 aliphatic heterocycles. The summed E-state index contributed by atoms with van der Waals surface area (Å²) in [6.45, 7) is 5.80. The summed E-state index contributed by atoms with van der Waals surface area (Å²) in [4.78, 5) is 0. The molecular formula is C14H17FN2O. The molecule has 0 spiro atoms. The summed E-state index contributed by atoms with van der Waals surface area (Å²) in [5.41, 5.74) is 7.48. The molecule has 4 heteroatoms. The van der Waals surface area contributed by atoms with Crippen molar-refractivity contribution in [3.63, 3.8) is 0 Å². The average molecular weight is 248 g/mol. The fraction of sp³-hybridized carbons (Fsp3) is 0.286. The Labute approximate surface area is 106 Å². The Morgan fingerprint density at radius 1 is 1.33 bits per heavy atom. The highest BCUT2D eigenvalue weighted by Gasteiger charge is 2.14. The Morgan fingerprint density at radius 2 is 2.06 bits per heavy atom. The molecule has 1 aromatic heterocycles. The summed E-state index contributed by atoms with van der Waals surface area (Å²) in [6.07, 6.45) is 0. The van der Waals surface area contributed by atoms with Crippen LogP contribution in [-0.4, -0.2) is 0 Å². The van der Waals surface area contributed by atoms with E-state index in [1.54, 1.807) is 12.1 Å². The molecule has 0 saturated heterocycles. The number of benzene rings is 1. The number of para-hydroxylation sites is 1. The topological polar surface area (TPSA) is 51.2 Å². The summed E-state index contributed by atoms with van der Waals surface area (Å²) in [5, 5.41) is 3.20. The highest BCUT2D eigenvalue weighted by molar-refractivity contribution is 5.67. The second-order valence-corrected chi connectivity index (χ2v) is 4.44. The molecule has 0 aliphatic rings. The van der Waals surface area contributed by atoms with Gasteiger partial charge in [-0.05, 0) is 39.0 Å². The van der Waals surface area contributed by atoms with Crippen LogP contribution < -0.4 is 11.1 Å². The number of rotatable bonds is 3. The lowest BCUT2D eigenvalue weighted by Gasteiger charge is -2.16. The van der Waals surface area contributed by atoms with E-state index >= 15 is 0 Å². The van der Waals surface area contributed by atoms with Gasteiger partial charge in [0.25, 0.3) is 0 Å². The molecule has 1 atom stereocenters. The van der Waals surface area contributed by atoms with E-state index in [1.165, 1.54) is 6.07 Å². The van der Waals surface area contributed by atoms with Crippen LogP contribution in [0.3, 0.4) is 0 Å². The van der Waals surface area contributed by atoms with Crippen molar-refractivity contribution in [3.05, 3.63) is 47.2 Å². The maximum atomic E-state index is 13.3. The molecule has 3 N–H and O–H groups in total. The van der Waals surface area contributed by atoms with Gasteiger partial charge in [-0.2, -0.15) is 0 Å². The minimum absolute atomic E-state index is 0.00606. The SMILES string of the molecule is Cc1cc(C(C)Nc2cccc(F)c2N)c(C)o1. The second-order valence-electron chi connectivity index (χ2n) is 4.44. The Balaban J connectivity index is 2.24. The molecule has 0 amide bonds. The molecule has 1 aromatic carbocycles. The summed E-state index contributed by atoms with van der Waals surface area (Å²) in [5.74, 6) is 1.32. The third kappa shape index (κ3) is 2.32. The molecule has 2 rings (SSSR count).